The molecular weight excluding hydrogens is 531 g/mol. The first-order valence-electron chi connectivity index (χ1n) is 11.2. The molecule has 14 heteroatoms. The predicted molar refractivity (Wildman–Crippen MR) is 149 cm³/mol. The van der Waals surface area contributed by atoms with Crippen molar-refractivity contribution in [1.82, 2.24) is 34.9 Å². The summed E-state index contributed by atoms with van der Waals surface area (Å²) >= 11 is 0. The maximum atomic E-state index is 5.52. The molecule has 0 saturated heterocycles. The highest BCUT2D eigenvalue weighted by atomic mass is 35.5. The van der Waals surface area contributed by atoms with E-state index >= 15 is 0 Å². The number of nitrogen functional groups attached to an aromatic ring is 2. The molecule has 5 rings (SSSR count). The number of aromatic nitrogens is 7. The van der Waals surface area contributed by atoms with Gasteiger partial charge in [0, 0.05) is 48.1 Å². The van der Waals surface area contributed by atoms with Crippen LogP contribution in [0.15, 0.2) is 64.6 Å². The number of aryl methyl sites for hydroxylation is 3. The summed E-state index contributed by atoms with van der Waals surface area (Å²) in [6, 6.07) is 3.76. The van der Waals surface area contributed by atoms with Crippen LogP contribution in [0.4, 0.5) is 11.9 Å². The van der Waals surface area contributed by atoms with Crippen molar-refractivity contribution in [3.8, 4) is 12.3 Å². The third kappa shape index (κ3) is 11.3. The van der Waals surface area contributed by atoms with Crippen molar-refractivity contribution in [3.63, 3.8) is 0 Å². The summed E-state index contributed by atoms with van der Waals surface area (Å²) in [6.07, 6.45) is 20.2. The Labute approximate surface area is 232 Å². The largest absolute Gasteiger partial charge is 0.472 e. The lowest BCUT2D eigenvalue weighted by Crippen LogP contribution is -1.98. The number of nitrogens with zero attached hydrogens (tertiary/aromatic N) is 5. The first kappa shape index (κ1) is 31.8. The van der Waals surface area contributed by atoms with Crippen molar-refractivity contribution in [2.24, 2.45) is 5.73 Å². The van der Waals surface area contributed by atoms with Gasteiger partial charge in [-0.15, -0.1) is 42.3 Å². The molecule has 0 bridgehead atoms. The zero-order chi connectivity index (χ0) is 25.6. The van der Waals surface area contributed by atoms with Gasteiger partial charge in [0.05, 0.1) is 49.7 Å². The monoisotopic (exact) mass is 562 g/mol. The summed E-state index contributed by atoms with van der Waals surface area (Å²) in [5.41, 5.74) is 21.1. The van der Waals surface area contributed by atoms with Crippen molar-refractivity contribution < 1.29 is 8.83 Å². The Balaban J connectivity index is 0.000000321. The second kappa shape index (κ2) is 17.3. The van der Waals surface area contributed by atoms with Gasteiger partial charge in [0.2, 0.25) is 0 Å². The van der Waals surface area contributed by atoms with Gasteiger partial charge in [-0.1, -0.05) is 5.21 Å². The smallest absolute Gasteiger partial charge is 0.197 e. The van der Waals surface area contributed by atoms with Crippen LogP contribution in [0.1, 0.15) is 34.6 Å². The number of anilines is 2. The second-order valence-electron chi connectivity index (χ2n) is 7.67. The molecular formula is C24H32Cl2N10O2. The Morgan fingerprint density at radius 2 is 1.50 bits per heavy atom. The summed E-state index contributed by atoms with van der Waals surface area (Å²) in [7, 11) is 0. The van der Waals surface area contributed by atoms with Gasteiger partial charge in [-0.25, -0.2) is 14.6 Å². The van der Waals surface area contributed by atoms with Crippen LogP contribution in [-0.2, 0) is 32.4 Å². The molecule has 0 radical (unpaired) electrons. The molecule has 38 heavy (non-hydrogen) atoms. The molecule has 5 aromatic rings. The number of H-pyrrole nitrogens is 2. The normalized spacial score (nSPS) is 9.58. The molecule has 0 unspecified atom stereocenters. The van der Waals surface area contributed by atoms with Gasteiger partial charge in [0.25, 0.3) is 0 Å². The highest BCUT2D eigenvalue weighted by molar-refractivity contribution is 5.85. The van der Waals surface area contributed by atoms with Crippen molar-refractivity contribution in [2.45, 2.75) is 38.8 Å². The highest BCUT2D eigenvalue weighted by Crippen LogP contribution is 2.06. The van der Waals surface area contributed by atoms with Gasteiger partial charge in [-0.05, 0) is 25.0 Å². The molecule has 8 N–H and O–H groups in total. The summed E-state index contributed by atoms with van der Waals surface area (Å²) in [5, 5.41) is 8.22. The summed E-state index contributed by atoms with van der Waals surface area (Å²) in [5.74, 6) is 3.43. The quantitative estimate of drug-likeness (QED) is 0.176. The number of furan rings is 2. The number of terminal acetylenes is 1. The van der Waals surface area contributed by atoms with E-state index in [2.05, 4.69) is 36.2 Å². The maximum absolute atomic E-state index is 5.52. The van der Waals surface area contributed by atoms with E-state index in [1.54, 1.807) is 42.1 Å². The van der Waals surface area contributed by atoms with Crippen molar-refractivity contribution in [2.75, 3.05) is 11.5 Å². The van der Waals surface area contributed by atoms with Crippen LogP contribution < -0.4 is 17.2 Å². The fraction of sp³-hybridized carbons (Fsp3) is 0.250. The molecule has 204 valence electrons. The lowest BCUT2D eigenvalue weighted by Gasteiger charge is -1.95. The summed E-state index contributed by atoms with van der Waals surface area (Å²) in [4.78, 5) is 13.6. The van der Waals surface area contributed by atoms with E-state index in [1.807, 2.05) is 18.3 Å². The number of hydrogen-bond acceptors (Lipinski definition) is 9. The van der Waals surface area contributed by atoms with Crippen LogP contribution >= 0.6 is 24.8 Å². The molecule has 0 amide bonds. The van der Waals surface area contributed by atoms with Gasteiger partial charge in [0.15, 0.2) is 11.9 Å². The Hall–Kier alpha value is -4.18. The molecule has 0 aliphatic rings. The Kier molecular flexibility index (Phi) is 14.5. The van der Waals surface area contributed by atoms with E-state index in [9.17, 15) is 0 Å². The van der Waals surface area contributed by atoms with Gasteiger partial charge >= 0.3 is 0 Å². The third-order valence-electron chi connectivity index (χ3n) is 4.81. The second-order valence-corrected chi connectivity index (χ2v) is 7.67. The lowest BCUT2D eigenvalue weighted by atomic mass is 10.2. The highest BCUT2D eigenvalue weighted by Gasteiger charge is 2.04. The Bertz CT molecular complexity index is 1300. The fourth-order valence-electron chi connectivity index (χ4n) is 2.99. The minimum Gasteiger partial charge on any atom is -0.472 e. The predicted octanol–water partition coefficient (Wildman–Crippen LogP) is 3.15. The number of hydrogen-bond donors (Lipinski definition) is 5. The van der Waals surface area contributed by atoms with Gasteiger partial charge in [0.1, 0.15) is 0 Å². The van der Waals surface area contributed by atoms with E-state index in [0.29, 0.717) is 25.0 Å². The number of nitrogens with one attached hydrogen (secondary N) is 2. The van der Waals surface area contributed by atoms with Crippen molar-refractivity contribution in [3.05, 3.63) is 84.0 Å². The fourth-order valence-corrected chi connectivity index (χ4v) is 2.99. The first-order chi connectivity index (χ1) is 17.6. The van der Waals surface area contributed by atoms with E-state index in [4.69, 9.17) is 32.5 Å². The molecule has 12 nitrogen and oxygen atoms in total. The van der Waals surface area contributed by atoms with Crippen LogP contribution in [0.3, 0.4) is 0 Å². The van der Waals surface area contributed by atoms with Crippen LogP contribution in [0, 0.1) is 12.3 Å². The molecule has 0 saturated carbocycles. The van der Waals surface area contributed by atoms with Gasteiger partial charge < -0.3 is 36.0 Å². The molecule has 5 aromatic heterocycles. The van der Waals surface area contributed by atoms with E-state index in [0.717, 1.165) is 53.9 Å². The van der Waals surface area contributed by atoms with Crippen LogP contribution in [0.25, 0.3) is 0 Å². The molecule has 0 fully saturated rings. The molecule has 0 aliphatic carbocycles. The van der Waals surface area contributed by atoms with Crippen LogP contribution in [0.5, 0.6) is 0 Å². The number of nitrogens with two attached hydrogens (primary N) is 3. The Morgan fingerprint density at radius 1 is 0.895 bits per heavy atom. The molecule has 0 aliphatic heterocycles. The number of rotatable bonds is 8. The molecule has 0 atom stereocenters. The van der Waals surface area contributed by atoms with E-state index in [1.165, 1.54) is 0 Å². The zero-order valence-corrected chi connectivity index (χ0v) is 22.3. The standard InChI is InChI=1S/C12H14N6O.C7H9N3.C5H7NO.2ClH/c13-12-14-5-10(15-12)1-2-11-7-18(17-16-11)6-9-3-4-19-8-9;1-2-3-4-6-5-9-7(8)10-6;6-3-5-1-2-7-4-5;;/h3-5,7-8H,1-2,6H2,(H3,13,14,15);1,5H,3-4H2,(H3,8,9,10);1-2,4H,3,6H2;2*1H. The van der Waals surface area contributed by atoms with Gasteiger partial charge in [-0.3, -0.25) is 0 Å². The summed E-state index contributed by atoms with van der Waals surface area (Å²) < 4.78 is 11.5. The maximum Gasteiger partial charge on any atom is 0.197 e. The summed E-state index contributed by atoms with van der Waals surface area (Å²) in [6.45, 7) is 1.23. The van der Waals surface area contributed by atoms with E-state index < -0.39 is 0 Å². The number of aromatic amines is 2. The third-order valence-corrected chi connectivity index (χ3v) is 4.81. The SMILES string of the molecule is C#CCCc1cnc(N)[nH]1.Cl.Cl.NCc1ccoc1.Nc1ncc(CCc2cn(Cc3ccoc3)nn2)[nH]1. The lowest BCUT2D eigenvalue weighted by molar-refractivity contribution is 0.558. The minimum atomic E-state index is 0. The first-order valence-corrected chi connectivity index (χ1v) is 11.2. The molecule has 0 spiro atoms. The number of halogens is 2. The van der Waals surface area contributed by atoms with Gasteiger partial charge in [-0.2, -0.15) is 0 Å². The average molecular weight is 563 g/mol. The molecule has 5 heterocycles. The van der Waals surface area contributed by atoms with Crippen LogP contribution in [0.2, 0.25) is 0 Å². The molecule has 0 aromatic carbocycles. The minimum absolute atomic E-state index is 0. The van der Waals surface area contributed by atoms with Crippen molar-refractivity contribution >= 4 is 36.7 Å². The number of imidazole rings is 2. The van der Waals surface area contributed by atoms with Crippen molar-refractivity contribution in [1.29, 1.82) is 0 Å². The zero-order valence-electron chi connectivity index (χ0n) is 20.6. The van der Waals surface area contributed by atoms with E-state index in [-0.39, 0.29) is 24.8 Å². The average Bonchev–Trinajstić information content (AvgIpc) is 3.71. The van der Waals surface area contributed by atoms with Crippen LogP contribution in [-0.4, -0.2) is 34.9 Å². The topological polar surface area (TPSA) is 192 Å². The Morgan fingerprint density at radius 3 is 1.97 bits per heavy atom.